The van der Waals surface area contributed by atoms with Crippen LogP contribution in [0.25, 0.3) is 6.08 Å². The number of ether oxygens (including phenoxy) is 3. The molecule has 3 rings (SSSR count). The molecule has 6 nitrogen and oxygen atoms in total. The van der Waals surface area contributed by atoms with Crippen molar-refractivity contribution in [1.29, 1.82) is 0 Å². The third kappa shape index (κ3) is 4.17. The van der Waals surface area contributed by atoms with E-state index in [-0.39, 0.29) is 13.2 Å². The van der Waals surface area contributed by atoms with Crippen LogP contribution in [-0.2, 0) is 14.3 Å². The number of esters is 1. The van der Waals surface area contributed by atoms with Gasteiger partial charge in [0.25, 0.3) is 5.91 Å². The molecule has 0 aliphatic carbocycles. The number of para-hydroxylation sites is 1. The molecule has 1 aliphatic heterocycles. The molecule has 0 atom stereocenters. The first-order chi connectivity index (χ1) is 12.2. The lowest BCUT2D eigenvalue weighted by Gasteiger charge is -2.16. The molecule has 0 unspecified atom stereocenters. The summed E-state index contributed by atoms with van der Waals surface area (Å²) in [6.45, 7) is -0.262. The minimum absolute atomic E-state index is 0.118. The van der Waals surface area contributed by atoms with E-state index in [1.807, 2.05) is 24.3 Å². The molecule has 0 saturated carbocycles. The van der Waals surface area contributed by atoms with Gasteiger partial charge in [0.1, 0.15) is 18.1 Å². The number of methoxy groups -OCH3 is 1. The molecule has 0 radical (unpaired) electrons. The predicted molar refractivity (Wildman–Crippen MR) is 92.5 cm³/mol. The molecule has 25 heavy (non-hydrogen) atoms. The Kier molecular flexibility index (Phi) is 4.99. The van der Waals surface area contributed by atoms with E-state index in [1.54, 1.807) is 37.5 Å². The van der Waals surface area contributed by atoms with Gasteiger partial charge in [0.05, 0.1) is 12.7 Å². The van der Waals surface area contributed by atoms with Gasteiger partial charge in [-0.2, -0.15) is 0 Å². The van der Waals surface area contributed by atoms with Gasteiger partial charge in [-0.25, -0.2) is 4.79 Å². The molecule has 0 aromatic heterocycles. The zero-order chi connectivity index (χ0) is 17.6. The minimum atomic E-state index is -0.574. The van der Waals surface area contributed by atoms with E-state index in [1.165, 1.54) is 0 Å². The SMILES string of the molecule is COc1cccc(NC(=O)COC(=O)C2=Cc3ccccc3OC2)c1. The summed E-state index contributed by atoms with van der Waals surface area (Å²) < 4.78 is 15.6. The number of carbonyl (C=O) groups is 2. The first kappa shape index (κ1) is 16.6. The fraction of sp³-hybridized carbons (Fsp3) is 0.158. The van der Waals surface area contributed by atoms with Crippen LogP contribution in [0.15, 0.2) is 54.1 Å². The quantitative estimate of drug-likeness (QED) is 0.848. The predicted octanol–water partition coefficient (Wildman–Crippen LogP) is 2.65. The van der Waals surface area contributed by atoms with Gasteiger partial charge < -0.3 is 19.5 Å². The average molecular weight is 339 g/mol. The number of nitrogens with one attached hydrogen (secondary N) is 1. The third-order valence-corrected chi connectivity index (χ3v) is 3.58. The number of fused-ring (bicyclic) bond motifs is 1. The zero-order valence-corrected chi connectivity index (χ0v) is 13.7. The number of amides is 1. The summed E-state index contributed by atoms with van der Waals surface area (Å²) in [5.41, 5.74) is 1.74. The highest BCUT2D eigenvalue weighted by atomic mass is 16.5. The van der Waals surface area contributed by atoms with Crippen molar-refractivity contribution in [1.82, 2.24) is 0 Å². The summed E-state index contributed by atoms with van der Waals surface area (Å²) in [5.74, 6) is 0.336. The van der Waals surface area contributed by atoms with E-state index in [4.69, 9.17) is 14.2 Å². The van der Waals surface area contributed by atoms with Crippen LogP contribution in [0.3, 0.4) is 0 Å². The van der Waals surface area contributed by atoms with Crippen molar-refractivity contribution in [3.8, 4) is 11.5 Å². The van der Waals surface area contributed by atoms with Crippen LogP contribution >= 0.6 is 0 Å². The number of anilines is 1. The molecule has 2 aromatic carbocycles. The van der Waals surface area contributed by atoms with E-state index in [0.29, 0.717) is 17.0 Å². The average Bonchev–Trinajstić information content (AvgIpc) is 2.65. The van der Waals surface area contributed by atoms with Gasteiger partial charge in [0.15, 0.2) is 6.61 Å². The monoisotopic (exact) mass is 339 g/mol. The standard InChI is InChI=1S/C19H17NO5/c1-23-16-7-4-6-15(10-16)20-18(21)12-25-19(22)14-9-13-5-2-3-8-17(13)24-11-14/h2-10H,11-12H2,1H3,(H,20,21). The van der Waals surface area contributed by atoms with E-state index >= 15 is 0 Å². The van der Waals surface area contributed by atoms with Gasteiger partial charge in [0, 0.05) is 17.3 Å². The molecule has 2 aromatic rings. The van der Waals surface area contributed by atoms with Crippen LogP contribution in [0, 0.1) is 0 Å². The highest BCUT2D eigenvalue weighted by Crippen LogP contribution is 2.26. The van der Waals surface area contributed by atoms with Crippen molar-refractivity contribution in [2.75, 3.05) is 25.6 Å². The van der Waals surface area contributed by atoms with Crippen LogP contribution in [0.2, 0.25) is 0 Å². The summed E-state index contributed by atoms with van der Waals surface area (Å²) in [7, 11) is 1.54. The van der Waals surface area contributed by atoms with Gasteiger partial charge in [-0.05, 0) is 24.3 Å². The van der Waals surface area contributed by atoms with E-state index in [2.05, 4.69) is 5.32 Å². The normalized spacial score (nSPS) is 12.3. The third-order valence-electron chi connectivity index (χ3n) is 3.58. The Hall–Kier alpha value is -3.28. The smallest absolute Gasteiger partial charge is 0.338 e. The largest absolute Gasteiger partial charge is 0.497 e. The summed E-state index contributed by atoms with van der Waals surface area (Å²) in [6.07, 6.45) is 1.71. The van der Waals surface area contributed by atoms with Crippen LogP contribution in [0.5, 0.6) is 11.5 Å². The molecular weight excluding hydrogens is 322 g/mol. The summed E-state index contributed by atoms with van der Waals surface area (Å²) in [5, 5.41) is 2.64. The second-order valence-electron chi connectivity index (χ2n) is 5.35. The molecule has 0 bridgehead atoms. The molecule has 1 N–H and O–H groups in total. The molecule has 1 amide bonds. The lowest BCUT2D eigenvalue weighted by atomic mass is 10.1. The molecule has 0 saturated heterocycles. The second kappa shape index (κ2) is 7.53. The molecule has 6 heteroatoms. The highest BCUT2D eigenvalue weighted by Gasteiger charge is 2.19. The lowest BCUT2D eigenvalue weighted by Crippen LogP contribution is -2.23. The number of hydrogen-bond acceptors (Lipinski definition) is 5. The number of benzene rings is 2. The maximum absolute atomic E-state index is 12.1. The maximum atomic E-state index is 12.1. The molecule has 1 aliphatic rings. The first-order valence-electron chi connectivity index (χ1n) is 7.69. The molecule has 0 fully saturated rings. The Morgan fingerprint density at radius 2 is 2.00 bits per heavy atom. The molecule has 0 spiro atoms. The Morgan fingerprint density at radius 3 is 2.84 bits per heavy atom. The number of rotatable bonds is 5. The van der Waals surface area contributed by atoms with Crippen molar-refractivity contribution in [3.05, 3.63) is 59.7 Å². The van der Waals surface area contributed by atoms with Gasteiger partial charge in [-0.15, -0.1) is 0 Å². The number of hydrogen-bond donors (Lipinski definition) is 1. The lowest BCUT2D eigenvalue weighted by molar-refractivity contribution is -0.143. The minimum Gasteiger partial charge on any atom is -0.497 e. The molecule has 128 valence electrons. The van der Waals surface area contributed by atoms with Gasteiger partial charge >= 0.3 is 5.97 Å². The maximum Gasteiger partial charge on any atom is 0.338 e. The molecular formula is C19H17NO5. The Morgan fingerprint density at radius 1 is 1.16 bits per heavy atom. The van der Waals surface area contributed by atoms with E-state index < -0.39 is 11.9 Å². The Balaban J connectivity index is 1.55. The number of carbonyl (C=O) groups excluding carboxylic acids is 2. The fourth-order valence-electron chi connectivity index (χ4n) is 2.36. The van der Waals surface area contributed by atoms with Gasteiger partial charge in [0.2, 0.25) is 0 Å². The summed E-state index contributed by atoms with van der Waals surface area (Å²) in [4.78, 5) is 24.0. The first-order valence-corrected chi connectivity index (χ1v) is 7.69. The summed E-state index contributed by atoms with van der Waals surface area (Å²) in [6, 6.07) is 14.3. The Labute approximate surface area is 145 Å². The van der Waals surface area contributed by atoms with Crippen molar-refractivity contribution in [3.63, 3.8) is 0 Å². The van der Waals surface area contributed by atoms with Gasteiger partial charge in [-0.1, -0.05) is 24.3 Å². The van der Waals surface area contributed by atoms with Crippen molar-refractivity contribution < 1.29 is 23.8 Å². The highest BCUT2D eigenvalue weighted by molar-refractivity contribution is 5.98. The van der Waals surface area contributed by atoms with Crippen LogP contribution < -0.4 is 14.8 Å². The van der Waals surface area contributed by atoms with Crippen LogP contribution in [0.4, 0.5) is 5.69 Å². The van der Waals surface area contributed by atoms with Crippen LogP contribution in [0.1, 0.15) is 5.56 Å². The van der Waals surface area contributed by atoms with Gasteiger partial charge in [-0.3, -0.25) is 4.79 Å². The topological polar surface area (TPSA) is 73.9 Å². The van der Waals surface area contributed by atoms with Crippen molar-refractivity contribution in [2.45, 2.75) is 0 Å². The second-order valence-corrected chi connectivity index (χ2v) is 5.35. The van der Waals surface area contributed by atoms with Crippen LogP contribution in [-0.4, -0.2) is 32.2 Å². The van der Waals surface area contributed by atoms with E-state index in [0.717, 1.165) is 11.3 Å². The van der Waals surface area contributed by atoms with Crippen molar-refractivity contribution >= 4 is 23.6 Å². The van der Waals surface area contributed by atoms with E-state index in [9.17, 15) is 9.59 Å². The van der Waals surface area contributed by atoms with Crippen molar-refractivity contribution in [2.24, 2.45) is 0 Å². The fourth-order valence-corrected chi connectivity index (χ4v) is 2.36. The Bertz CT molecular complexity index is 828. The molecule has 1 heterocycles. The zero-order valence-electron chi connectivity index (χ0n) is 13.7. The summed E-state index contributed by atoms with van der Waals surface area (Å²) >= 11 is 0.